The van der Waals surface area contributed by atoms with E-state index < -0.39 is 17.8 Å². The van der Waals surface area contributed by atoms with Gasteiger partial charge in [0.05, 0.1) is 17.0 Å². The number of fused-ring (bicyclic) bond motifs is 2. The average Bonchev–Trinajstić information content (AvgIpc) is 3.04. The van der Waals surface area contributed by atoms with Crippen LogP contribution < -0.4 is 5.43 Å². The first-order valence-electron chi connectivity index (χ1n) is 10.2. The van der Waals surface area contributed by atoms with Crippen molar-refractivity contribution in [3.63, 3.8) is 0 Å². The second-order valence-corrected chi connectivity index (χ2v) is 8.52. The van der Waals surface area contributed by atoms with Gasteiger partial charge in [-0.3, -0.25) is 9.59 Å². The zero-order valence-corrected chi connectivity index (χ0v) is 18.2. The van der Waals surface area contributed by atoms with Crippen LogP contribution in [0.2, 0.25) is 5.02 Å². The third-order valence-electron chi connectivity index (χ3n) is 5.92. The molecule has 2 heterocycles. The monoisotopic (exact) mass is 447 g/mol. The number of nitrogens with zero attached hydrogens (tertiary/aromatic N) is 1. The van der Waals surface area contributed by atoms with Crippen molar-refractivity contribution in [2.75, 3.05) is 0 Å². The molecule has 0 spiro atoms. The molecule has 0 fully saturated rings. The van der Waals surface area contributed by atoms with Gasteiger partial charge in [0.2, 0.25) is 5.76 Å². The van der Waals surface area contributed by atoms with Gasteiger partial charge >= 0.3 is 0 Å². The molecule has 4 aromatic rings. The summed E-state index contributed by atoms with van der Waals surface area (Å²) in [5.74, 6) is -0.987. The Morgan fingerprint density at radius 2 is 1.75 bits per heavy atom. The molecule has 1 amide bonds. The van der Waals surface area contributed by atoms with E-state index in [1.165, 1.54) is 11.0 Å². The van der Waals surface area contributed by atoms with E-state index in [9.17, 15) is 14.0 Å². The Morgan fingerprint density at radius 3 is 2.47 bits per heavy atom. The molecule has 32 heavy (non-hydrogen) atoms. The van der Waals surface area contributed by atoms with E-state index in [-0.39, 0.29) is 39.8 Å². The molecule has 0 saturated carbocycles. The number of benzene rings is 3. The van der Waals surface area contributed by atoms with E-state index in [0.717, 1.165) is 16.7 Å². The van der Waals surface area contributed by atoms with Crippen molar-refractivity contribution in [3.8, 4) is 0 Å². The van der Waals surface area contributed by atoms with E-state index in [1.807, 2.05) is 31.2 Å². The fourth-order valence-electron chi connectivity index (χ4n) is 4.21. The summed E-state index contributed by atoms with van der Waals surface area (Å²) in [5.41, 5.74) is 2.98. The molecule has 0 aliphatic carbocycles. The molecule has 1 aliphatic rings. The predicted molar refractivity (Wildman–Crippen MR) is 122 cm³/mol. The molecule has 4 nitrogen and oxygen atoms in total. The first kappa shape index (κ1) is 20.5. The minimum absolute atomic E-state index is 0.0513. The van der Waals surface area contributed by atoms with Gasteiger partial charge in [0.15, 0.2) is 5.43 Å². The molecule has 1 aliphatic heterocycles. The lowest BCUT2D eigenvalue weighted by Gasteiger charge is -2.25. The lowest BCUT2D eigenvalue weighted by molar-refractivity contribution is 0.0712. The largest absolute Gasteiger partial charge is 0.450 e. The lowest BCUT2D eigenvalue weighted by atomic mass is 9.97. The number of hydrogen-bond donors (Lipinski definition) is 0. The fourth-order valence-corrected chi connectivity index (χ4v) is 4.38. The van der Waals surface area contributed by atoms with Crippen LogP contribution in [-0.4, -0.2) is 10.8 Å². The van der Waals surface area contributed by atoms with Crippen molar-refractivity contribution in [1.82, 2.24) is 4.90 Å². The second-order valence-electron chi connectivity index (χ2n) is 8.11. The van der Waals surface area contributed by atoms with Crippen LogP contribution in [0.5, 0.6) is 0 Å². The van der Waals surface area contributed by atoms with Crippen molar-refractivity contribution < 1.29 is 13.6 Å². The Kier molecular flexibility index (Phi) is 4.86. The van der Waals surface area contributed by atoms with E-state index in [4.69, 9.17) is 16.0 Å². The van der Waals surface area contributed by atoms with Gasteiger partial charge in [-0.05, 0) is 43.2 Å². The number of hydrogen-bond acceptors (Lipinski definition) is 3. The Balaban J connectivity index is 1.75. The summed E-state index contributed by atoms with van der Waals surface area (Å²) >= 11 is 6.25. The Hall–Kier alpha value is -3.44. The van der Waals surface area contributed by atoms with Gasteiger partial charge in [-0.15, -0.1) is 0 Å². The van der Waals surface area contributed by atoms with Crippen molar-refractivity contribution >= 4 is 28.5 Å². The summed E-state index contributed by atoms with van der Waals surface area (Å²) in [6, 6.07) is 16.2. The van der Waals surface area contributed by atoms with E-state index in [1.54, 1.807) is 37.3 Å². The van der Waals surface area contributed by atoms with Crippen LogP contribution in [0.4, 0.5) is 4.39 Å². The van der Waals surface area contributed by atoms with Gasteiger partial charge in [-0.2, -0.15) is 0 Å². The molecule has 0 radical (unpaired) electrons. The maximum atomic E-state index is 14.9. The maximum Gasteiger partial charge on any atom is 0.291 e. The highest BCUT2D eigenvalue weighted by Gasteiger charge is 2.43. The second kappa shape index (κ2) is 7.61. The van der Waals surface area contributed by atoms with Crippen LogP contribution in [0.3, 0.4) is 0 Å². The molecular formula is C26H19ClFNO3. The van der Waals surface area contributed by atoms with Crippen molar-refractivity contribution in [2.24, 2.45) is 0 Å². The lowest BCUT2D eigenvalue weighted by Crippen LogP contribution is -2.29. The van der Waals surface area contributed by atoms with E-state index in [0.29, 0.717) is 5.02 Å². The summed E-state index contributed by atoms with van der Waals surface area (Å²) < 4.78 is 20.8. The van der Waals surface area contributed by atoms with Crippen LogP contribution in [0.25, 0.3) is 11.0 Å². The summed E-state index contributed by atoms with van der Waals surface area (Å²) in [7, 11) is 0. The Bertz CT molecular complexity index is 1440. The molecule has 160 valence electrons. The number of aryl methyl sites for hydroxylation is 2. The van der Waals surface area contributed by atoms with Crippen LogP contribution in [0.15, 0.2) is 69.9 Å². The minimum Gasteiger partial charge on any atom is -0.450 e. The summed E-state index contributed by atoms with van der Waals surface area (Å²) in [6.45, 7) is 3.98. The van der Waals surface area contributed by atoms with Crippen LogP contribution in [0.1, 0.15) is 44.4 Å². The molecule has 1 aromatic heterocycles. The Labute approximate surface area is 188 Å². The van der Waals surface area contributed by atoms with Gasteiger partial charge in [-0.25, -0.2) is 4.39 Å². The topological polar surface area (TPSA) is 50.5 Å². The summed E-state index contributed by atoms with van der Waals surface area (Å²) in [5, 5.41) is 0.693. The summed E-state index contributed by atoms with van der Waals surface area (Å²) in [4.78, 5) is 28.5. The standard InChI is InChI=1S/C26H19ClFNO3/c1-14-7-9-16(10-8-14)13-29-23(17-5-3-4-6-20(17)28)22-24(30)18-12-19(27)15(2)11-21(18)32-25(22)26(29)31/h3-12,23H,13H2,1-2H3. The smallest absolute Gasteiger partial charge is 0.291 e. The highest BCUT2D eigenvalue weighted by atomic mass is 35.5. The number of carbonyl (C=O) groups is 1. The zero-order chi connectivity index (χ0) is 22.6. The van der Waals surface area contributed by atoms with Gasteiger partial charge in [-0.1, -0.05) is 59.6 Å². The maximum absolute atomic E-state index is 14.9. The van der Waals surface area contributed by atoms with Gasteiger partial charge < -0.3 is 9.32 Å². The molecule has 0 N–H and O–H groups in total. The highest BCUT2D eigenvalue weighted by molar-refractivity contribution is 6.32. The number of halogens is 2. The SMILES string of the molecule is Cc1ccc(CN2C(=O)c3oc4cc(C)c(Cl)cc4c(=O)c3C2c2ccccc2F)cc1. The van der Waals surface area contributed by atoms with Gasteiger partial charge in [0.1, 0.15) is 11.4 Å². The Morgan fingerprint density at radius 1 is 1.03 bits per heavy atom. The molecule has 5 rings (SSSR count). The number of amides is 1. The third kappa shape index (κ3) is 3.21. The van der Waals surface area contributed by atoms with Gasteiger partial charge in [0.25, 0.3) is 5.91 Å². The summed E-state index contributed by atoms with van der Waals surface area (Å²) in [6.07, 6.45) is 0. The average molecular weight is 448 g/mol. The third-order valence-corrected chi connectivity index (χ3v) is 6.33. The highest BCUT2D eigenvalue weighted by Crippen LogP contribution is 2.40. The van der Waals surface area contributed by atoms with Crippen LogP contribution in [0, 0.1) is 19.7 Å². The minimum atomic E-state index is -0.902. The van der Waals surface area contributed by atoms with E-state index in [2.05, 4.69) is 0 Å². The molecule has 0 saturated heterocycles. The van der Waals surface area contributed by atoms with Crippen LogP contribution >= 0.6 is 11.6 Å². The molecule has 1 unspecified atom stereocenters. The fraction of sp³-hybridized carbons (Fsp3) is 0.154. The molecule has 1 atom stereocenters. The molecular weight excluding hydrogens is 429 g/mol. The number of carbonyl (C=O) groups excluding carboxylic acids is 1. The normalized spacial score (nSPS) is 15.4. The van der Waals surface area contributed by atoms with Crippen LogP contribution in [-0.2, 0) is 6.54 Å². The number of rotatable bonds is 3. The first-order chi connectivity index (χ1) is 15.3. The quantitative estimate of drug-likeness (QED) is 0.390. The molecule has 6 heteroatoms. The predicted octanol–water partition coefficient (Wildman–Crippen LogP) is 5.95. The van der Waals surface area contributed by atoms with Gasteiger partial charge in [0, 0.05) is 17.1 Å². The molecule has 3 aromatic carbocycles. The van der Waals surface area contributed by atoms with Crippen molar-refractivity contribution in [3.05, 3.63) is 115 Å². The van der Waals surface area contributed by atoms with Crippen molar-refractivity contribution in [1.29, 1.82) is 0 Å². The van der Waals surface area contributed by atoms with E-state index >= 15 is 0 Å². The first-order valence-corrected chi connectivity index (χ1v) is 10.6. The molecule has 0 bridgehead atoms. The van der Waals surface area contributed by atoms with Crippen molar-refractivity contribution in [2.45, 2.75) is 26.4 Å². The zero-order valence-electron chi connectivity index (χ0n) is 17.5.